The summed E-state index contributed by atoms with van der Waals surface area (Å²) in [5.74, 6) is 0. The Balaban J connectivity index is 1.34. The summed E-state index contributed by atoms with van der Waals surface area (Å²) in [6.45, 7) is 0. The van der Waals surface area contributed by atoms with Gasteiger partial charge in [-0.05, 0) is 83.9 Å². The molecule has 0 atom stereocenters. The second kappa shape index (κ2) is 9.44. The van der Waals surface area contributed by atoms with Gasteiger partial charge in [-0.2, -0.15) is 0 Å². The normalized spacial score (nSPS) is 11.7. The van der Waals surface area contributed by atoms with Gasteiger partial charge in [0.15, 0.2) is 0 Å². The monoisotopic (exact) mass is 546 g/mol. The zero-order valence-electron chi connectivity index (χ0n) is 23.4. The number of hydrogen-bond acceptors (Lipinski definition) is 1. The predicted molar refractivity (Wildman–Crippen MR) is 183 cm³/mol. The van der Waals surface area contributed by atoms with Crippen LogP contribution in [0.15, 0.2) is 162 Å². The van der Waals surface area contributed by atoms with Gasteiger partial charge in [0, 0.05) is 10.8 Å². The maximum Gasteiger partial charge on any atom is 0.135 e. The molecule has 1 heterocycles. The third kappa shape index (κ3) is 3.65. The average Bonchev–Trinajstić information content (AvgIpc) is 3.45. The summed E-state index contributed by atoms with van der Waals surface area (Å²) in [5.41, 5.74) is 9.32. The third-order valence-electron chi connectivity index (χ3n) is 8.87. The first-order valence-corrected chi connectivity index (χ1v) is 14.8. The zero-order chi connectivity index (χ0) is 28.3. The van der Waals surface area contributed by atoms with Crippen LogP contribution >= 0.6 is 0 Å². The minimum Gasteiger partial charge on any atom is -0.456 e. The standard InChI is InChI=1S/C42H26O/c1-2-12-27(13-3-1)41-34-15-4-6-17-36(34)42(37-18-7-5-16-35(37)41)33-22-11-20-30-29(19-10-21-31(30)33)28-24-25-40-38(26-28)32-14-8-9-23-39(32)43-40/h1-26H. The molecule has 0 aliphatic carbocycles. The van der Waals surface area contributed by atoms with E-state index < -0.39 is 0 Å². The lowest BCUT2D eigenvalue weighted by atomic mass is 9.84. The van der Waals surface area contributed by atoms with Gasteiger partial charge in [0.25, 0.3) is 0 Å². The number of fused-ring (bicyclic) bond motifs is 6. The molecule has 0 amide bonds. The summed E-state index contributed by atoms with van der Waals surface area (Å²) in [4.78, 5) is 0. The lowest BCUT2D eigenvalue weighted by molar-refractivity contribution is 0.669. The Morgan fingerprint density at radius 3 is 1.49 bits per heavy atom. The SMILES string of the molecule is c1ccc(-c2c3ccccc3c(-c3cccc4c(-c5ccc6oc7ccccc7c6c5)cccc34)c3ccccc23)cc1. The average molecular weight is 547 g/mol. The third-order valence-corrected chi connectivity index (χ3v) is 8.87. The van der Waals surface area contributed by atoms with E-state index in [0.717, 1.165) is 21.9 Å². The summed E-state index contributed by atoms with van der Waals surface area (Å²) in [5, 5.41) is 9.87. The molecule has 0 saturated carbocycles. The first-order chi connectivity index (χ1) is 21.3. The van der Waals surface area contributed by atoms with Crippen LogP contribution in [0.3, 0.4) is 0 Å². The van der Waals surface area contributed by atoms with Gasteiger partial charge in [-0.1, -0.05) is 140 Å². The smallest absolute Gasteiger partial charge is 0.135 e. The summed E-state index contributed by atoms with van der Waals surface area (Å²) >= 11 is 0. The van der Waals surface area contributed by atoms with E-state index in [9.17, 15) is 0 Å². The summed E-state index contributed by atoms with van der Waals surface area (Å²) in [7, 11) is 0. The van der Waals surface area contributed by atoms with E-state index in [1.54, 1.807) is 0 Å². The minimum absolute atomic E-state index is 0.919. The highest BCUT2D eigenvalue weighted by Crippen LogP contribution is 2.46. The highest BCUT2D eigenvalue weighted by atomic mass is 16.3. The van der Waals surface area contributed by atoms with Crippen molar-refractivity contribution in [3.05, 3.63) is 158 Å². The van der Waals surface area contributed by atoms with Crippen LogP contribution in [0.4, 0.5) is 0 Å². The summed E-state index contributed by atoms with van der Waals surface area (Å²) in [6.07, 6.45) is 0. The van der Waals surface area contributed by atoms with E-state index in [0.29, 0.717) is 0 Å². The Morgan fingerprint density at radius 1 is 0.279 bits per heavy atom. The second-order valence-electron chi connectivity index (χ2n) is 11.2. The van der Waals surface area contributed by atoms with Crippen molar-refractivity contribution < 1.29 is 4.42 Å². The molecule has 8 aromatic carbocycles. The lowest BCUT2D eigenvalue weighted by Crippen LogP contribution is -1.92. The van der Waals surface area contributed by atoms with Crippen LogP contribution in [-0.4, -0.2) is 0 Å². The number of rotatable bonds is 3. The number of para-hydroxylation sites is 1. The molecule has 0 spiro atoms. The van der Waals surface area contributed by atoms with Crippen LogP contribution in [0.1, 0.15) is 0 Å². The quantitative estimate of drug-likeness (QED) is 0.201. The van der Waals surface area contributed by atoms with Crippen LogP contribution < -0.4 is 0 Å². The van der Waals surface area contributed by atoms with Crippen molar-refractivity contribution in [2.45, 2.75) is 0 Å². The van der Waals surface area contributed by atoms with E-state index in [-0.39, 0.29) is 0 Å². The molecule has 1 heteroatoms. The van der Waals surface area contributed by atoms with Crippen LogP contribution in [0.5, 0.6) is 0 Å². The highest BCUT2D eigenvalue weighted by Gasteiger charge is 2.18. The fourth-order valence-electron chi connectivity index (χ4n) is 7.01. The van der Waals surface area contributed by atoms with E-state index in [1.165, 1.54) is 65.7 Å². The summed E-state index contributed by atoms with van der Waals surface area (Å²) < 4.78 is 6.13. The second-order valence-corrected chi connectivity index (χ2v) is 11.2. The Kier molecular flexibility index (Phi) is 5.27. The van der Waals surface area contributed by atoms with Crippen molar-refractivity contribution >= 4 is 54.3 Å². The largest absolute Gasteiger partial charge is 0.456 e. The molecule has 1 nitrogen and oxygen atoms in total. The van der Waals surface area contributed by atoms with Crippen LogP contribution in [0, 0.1) is 0 Å². The molecule has 43 heavy (non-hydrogen) atoms. The molecule has 0 fully saturated rings. The van der Waals surface area contributed by atoms with Crippen molar-refractivity contribution in [3.63, 3.8) is 0 Å². The van der Waals surface area contributed by atoms with Crippen molar-refractivity contribution in [1.29, 1.82) is 0 Å². The molecule has 9 rings (SSSR count). The molecule has 0 aliphatic rings. The van der Waals surface area contributed by atoms with Gasteiger partial charge >= 0.3 is 0 Å². The molecular weight excluding hydrogens is 520 g/mol. The van der Waals surface area contributed by atoms with Crippen molar-refractivity contribution in [1.82, 2.24) is 0 Å². The Hall–Kier alpha value is -5.66. The van der Waals surface area contributed by atoms with Gasteiger partial charge in [0.1, 0.15) is 11.2 Å². The Labute approximate surface area is 249 Å². The first-order valence-electron chi connectivity index (χ1n) is 14.8. The Morgan fingerprint density at radius 2 is 0.791 bits per heavy atom. The van der Waals surface area contributed by atoms with Gasteiger partial charge in [-0.25, -0.2) is 0 Å². The highest BCUT2D eigenvalue weighted by molar-refractivity contribution is 6.24. The van der Waals surface area contributed by atoms with E-state index in [1.807, 2.05) is 12.1 Å². The minimum atomic E-state index is 0.919. The molecule has 1 aromatic heterocycles. The van der Waals surface area contributed by atoms with E-state index in [2.05, 4.69) is 146 Å². The molecule has 0 radical (unpaired) electrons. The van der Waals surface area contributed by atoms with Gasteiger partial charge in [-0.15, -0.1) is 0 Å². The molecule has 0 saturated heterocycles. The van der Waals surface area contributed by atoms with Gasteiger partial charge in [-0.3, -0.25) is 0 Å². The number of benzene rings is 8. The van der Waals surface area contributed by atoms with Crippen LogP contribution in [0.25, 0.3) is 87.6 Å². The number of furan rings is 1. The number of hydrogen-bond donors (Lipinski definition) is 0. The lowest BCUT2D eigenvalue weighted by Gasteiger charge is -2.19. The molecule has 0 unspecified atom stereocenters. The molecule has 200 valence electrons. The van der Waals surface area contributed by atoms with Gasteiger partial charge in [0.2, 0.25) is 0 Å². The van der Waals surface area contributed by atoms with Crippen molar-refractivity contribution in [2.75, 3.05) is 0 Å². The summed E-state index contributed by atoms with van der Waals surface area (Å²) in [6, 6.07) is 56.8. The van der Waals surface area contributed by atoms with Crippen LogP contribution in [-0.2, 0) is 0 Å². The first kappa shape index (κ1) is 24.0. The predicted octanol–water partition coefficient (Wildman–Crippen LogP) is 12.0. The molecule has 0 N–H and O–H groups in total. The van der Waals surface area contributed by atoms with Crippen molar-refractivity contribution in [2.24, 2.45) is 0 Å². The topological polar surface area (TPSA) is 13.1 Å². The van der Waals surface area contributed by atoms with Gasteiger partial charge in [0.05, 0.1) is 0 Å². The van der Waals surface area contributed by atoms with Crippen molar-refractivity contribution in [3.8, 4) is 33.4 Å². The van der Waals surface area contributed by atoms with Gasteiger partial charge < -0.3 is 4.42 Å². The molecule has 0 aliphatic heterocycles. The maximum atomic E-state index is 6.13. The molecular formula is C42H26O. The van der Waals surface area contributed by atoms with E-state index >= 15 is 0 Å². The zero-order valence-corrected chi connectivity index (χ0v) is 23.4. The molecule has 9 aromatic rings. The Bertz CT molecular complexity index is 2440. The maximum absolute atomic E-state index is 6.13. The fraction of sp³-hybridized carbons (Fsp3) is 0. The van der Waals surface area contributed by atoms with Crippen LogP contribution in [0.2, 0.25) is 0 Å². The van der Waals surface area contributed by atoms with E-state index in [4.69, 9.17) is 4.42 Å². The fourth-order valence-corrected chi connectivity index (χ4v) is 7.01. The molecule has 0 bridgehead atoms.